The fourth-order valence-electron chi connectivity index (χ4n) is 3.10. The Bertz CT molecular complexity index is 1130. The van der Waals surface area contributed by atoms with E-state index in [1.807, 2.05) is 26.0 Å². The lowest BCUT2D eigenvalue weighted by Crippen LogP contribution is -2.13. The Kier molecular flexibility index (Phi) is 4.87. The largest absolute Gasteiger partial charge is 0.465 e. The molecule has 0 fully saturated rings. The van der Waals surface area contributed by atoms with Crippen molar-refractivity contribution >= 4 is 34.2 Å². The minimum atomic E-state index is -0.745. The van der Waals surface area contributed by atoms with Crippen molar-refractivity contribution in [2.45, 2.75) is 20.8 Å². The molecule has 1 aromatic heterocycles. The molecule has 2 aromatic carbocycles. The van der Waals surface area contributed by atoms with Crippen LogP contribution in [0.2, 0.25) is 0 Å². The molecule has 0 atom stereocenters. The number of non-ortho nitro benzene ring substituents is 1. The second kappa shape index (κ2) is 7.15. The average molecular weight is 382 g/mol. The molecule has 0 saturated carbocycles. The highest BCUT2D eigenvalue weighted by Crippen LogP contribution is 2.30. The van der Waals surface area contributed by atoms with E-state index in [9.17, 15) is 19.7 Å². The maximum absolute atomic E-state index is 12.7. The summed E-state index contributed by atoms with van der Waals surface area (Å²) in [6.45, 7) is 5.62. The molecule has 0 spiro atoms. The van der Waals surface area contributed by atoms with Crippen molar-refractivity contribution < 1.29 is 23.7 Å². The van der Waals surface area contributed by atoms with Crippen molar-refractivity contribution in [2.75, 3.05) is 12.4 Å². The van der Waals surface area contributed by atoms with Crippen molar-refractivity contribution in [2.24, 2.45) is 0 Å². The number of fused-ring (bicyclic) bond motifs is 1. The quantitative estimate of drug-likeness (QED) is 0.409. The van der Waals surface area contributed by atoms with Crippen LogP contribution in [0.1, 0.15) is 37.6 Å². The van der Waals surface area contributed by atoms with Gasteiger partial charge in [-0.25, -0.2) is 4.79 Å². The van der Waals surface area contributed by atoms with Crippen molar-refractivity contribution in [3.63, 3.8) is 0 Å². The number of nitrogens with one attached hydrogen (secondary N) is 1. The van der Waals surface area contributed by atoms with Crippen molar-refractivity contribution in [1.82, 2.24) is 0 Å². The topological polar surface area (TPSA) is 112 Å². The molecule has 0 radical (unpaired) electrons. The number of carbonyl (C=O) groups excluding carboxylic acids is 2. The molecular weight excluding hydrogens is 364 g/mol. The number of rotatable bonds is 4. The smallest absolute Gasteiger partial charge is 0.338 e. The number of nitro benzene ring substituents is 1. The minimum Gasteiger partial charge on any atom is -0.465 e. The van der Waals surface area contributed by atoms with Gasteiger partial charge >= 0.3 is 5.97 Å². The van der Waals surface area contributed by atoms with Gasteiger partial charge in [-0.05, 0) is 44.0 Å². The van der Waals surface area contributed by atoms with Crippen molar-refractivity contribution in [3.8, 4) is 0 Å². The zero-order valence-electron chi connectivity index (χ0n) is 15.8. The van der Waals surface area contributed by atoms with Crippen LogP contribution in [-0.4, -0.2) is 23.9 Å². The molecule has 28 heavy (non-hydrogen) atoms. The van der Waals surface area contributed by atoms with Gasteiger partial charge in [0, 0.05) is 28.8 Å². The fourth-order valence-corrected chi connectivity index (χ4v) is 3.10. The van der Waals surface area contributed by atoms with Crippen LogP contribution in [0, 0.1) is 30.9 Å². The van der Waals surface area contributed by atoms with E-state index in [-0.39, 0.29) is 22.7 Å². The summed E-state index contributed by atoms with van der Waals surface area (Å²) in [6, 6.07) is 7.44. The number of nitrogens with zero attached hydrogens (tertiary/aromatic N) is 1. The van der Waals surface area contributed by atoms with Gasteiger partial charge in [0.2, 0.25) is 0 Å². The summed E-state index contributed by atoms with van der Waals surface area (Å²) in [5.41, 5.74) is 2.93. The van der Waals surface area contributed by atoms with Crippen LogP contribution in [0.4, 0.5) is 11.4 Å². The predicted octanol–water partition coefficient (Wildman–Crippen LogP) is 4.31. The molecule has 8 nitrogen and oxygen atoms in total. The number of carbonyl (C=O) groups is 2. The number of anilines is 1. The van der Waals surface area contributed by atoms with Gasteiger partial charge in [0.1, 0.15) is 5.58 Å². The lowest BCUT2D eigenvalue weighted by Gasteiger charge is -2.06. The van der Waals surface area contributed by atoms with Gasteiger partial charge in [-0.1, -0.05) is 6.07 Å². The van der Waals surface area contributed by atoms with Gasteiger partial charge in [0.15, 0.2) is 5.76 Å². The number of benzene rings is 2. The van der Waals surface area contributed by atoms with Crippen LogP contribution < -0.4 is 5.32 Å². The van der Waals surface area contributed by atoms with E-state index in [4.69, 9.17) is 4.42 Å². The SMILES string of the molecule is COC(=O)c1cc(NC(=O)c2oc3c(C)cc(C)cc3c2C)cc([N+](=O)[O-])c1. The summed E-state index contributed by atoms with van der Waals surface area (Å²) in [6.07, 6.45) is 0. The summed E-state index contributed by atoms with van der Waals surface area (Å²) >= 11 is 0. The van der Waals surface area contributed by atoms with E-state index in [1.165, 1.54) is 13.2 Å². The fraction of sp³-hybridized carbons (Fsp3) is 0.200. The third-order valence-electron chi connectivity index (χ3n) is 4.38. The number of hydrogen-bond acceptors (Lipinski definition) is 6. The Hall–Kier alpha value is -3.68. The van der Waals surface area contributed by atoms with Gasteiger partial charge in [0.25, 0.3) is 11.6 Å². The molecule has 1 heterocycles. The first-order valence-electron chi connectivity index (χ1n) is 8.40. The normalized spacial score (nSPS) is 10.7. The van der Waals surface area contributed by atoms with E-state index in [1.54, 1.807) is 6.92 Å². The number of aryl methyl sites for hydroxylation is 3. The molecular formula is C20H18N2O6. The first kappa shape index (κ1) is 19.1. The molecule has 3 aromatic rings. The summed E-state index contributed by atoms with van der Waals surface area (Å²) in [5.74, 6) is -1.21. The molecule has 1 amide bonds. The number of furan rings is 1. The Labute approximate surface area is 160 Å². The average Bonchev–Trinajstić information content (AvgIpc) is 2.98. The molecule has 0 saturated heterocycles. The predicted molar refractivity (Wildman–Crippen MR) is 103 cm³/mol. The summed E-state index contributed by atoms with van der Waals surface area (Å²) in [5, 5.41) is 14.5. The highest BCUT2D eigenvalue weighted by atomic mass is 16.6. The van der Waals surface area contributed by atoms with Crippen molar-refractivity contribution in [3.05, 3.63) is 68.5 Å². The molecule has 0 aliphatic heterocycles. The zero-order valence-corrected chi connectivity index (χ0v) is 15.8. The van der Waals surface area contributed by atoms with Gasteiger partial charge in [-0.3, -0.25) is 14.9 Å². The van der Waals surface area contributed by atoms with Crippen LogP contribution >= 0.6 is 0 Å². The molecule has 144 valence electrons. The monoisotopic (exact) mass is 382 g/mol. The number of amides is 1. The van der Waals surface area contributed by atoms with Gasteiger partial charge in [-0.2, -0.15) is 0 Å². The van der Waals surface area contributed by atoms with E-state index in [2.05, 4.69) is 10.1 Å². The van der Waals surface area contributed by atoms with Crippen LogP contribution in [0.5, 0.6) is 0 Å². The Morgan fingerprint density at radius 1 is 1.11 bits per heavy atom. The van der Waals surface area contributed by atoms with Gasteiger partial charge < -0.3 is 14.5 Å². The number of ether oxygens (including phenoxy) is 1. The van der Waals surface area contributed by atoms with Crippen LogP contribution in [0.15, 0.2) is 34.7 Å². The maximum Gasteiger partial charge on any atom is 0.338 e. The lowest BCUT2D eigenvalue weighted by atomic mass is 10.1. The first-order valence-corrected chi connectivity index (χ1v) is 8.40. The Morgan fingerprint density at radius 3 is 2.46 bits per heavy atom. The van der Waals surface area contributed by atoms with E-state index >= 15 is 0 Å². The second-order valence-electron chi connectivity index (χ2n) is 6.49. The van der Waals surface area contributed by atoms with E-state index < -0.39 is 16.8 Å². The second-order valence-corrected chi connectivity index (χ2v) is 6.49. The summed E-state index contributed by atoms with van der Waals surface area (Å²) in [7, 11) is 1.17. The number of methoxy groups -OCH3 is 1. The summed E-state index contributed by atoms with van der Waals surface area (Å²) < 4.78 is 10.4. The number of esters is 1. The lowest BCUT2D eigenvalue weighted by molar-refractivity contribution is -0.384. The maximum atomic E-state index is 12.7. The molecule has 0 unspecified atom stereocenters. The van der Waals surface area contributed by atoms with Crippen LogP contribution in [0.25, 0.3) is 11.0 Å². The molecule has 0 aliphatic rings. The van der Waals surface area contributed by atoms with E-state index in [0.29, 0.717) is 11.1 Å². The third-order valence-corrected chi connectivity index (χ3v) is 4.38. The molecule has 0 aliphatic carbocycles. The highest BCUT2D eigenvalue weighted by Gasteiger charge is 2.21. The van der Waals surface area contributed by atoms with Crippen LogP contribution in [-0.2, 0) is 4.74 Å². The standard InChI is InChI=1S/C20H18N2O6/c1-10-5-11(2)17-16(6-10)12(3)18(28-17)19(23)21-14-7-13(20(24)27-4)8-15(9-14)22(25)26/h5-9H,1-4H3,(H,21,23). The molecule has 1 N–H and O–H groups in total. The minimum absolute atomic E-state index is 0.0419. The van der Waals surface area contributed by atoms with Crippen LogP contribution in [0.3, 0.4) is 0 Å². The molecule has 8 heteroatoms. The third kappa shape index (κ3) is 3.44. The Balaban J connectivity index is 2.01. The molecule has 0 bridgehead atoms. The Morgan fingerprint density at radius 2 is 1.82 bits per heavy atom. The summed E-state index contributed by atoms with van der Waals surface area (Å²) in [4.78, 5) is 35.0. The highest BCUT2D eigenvalue weighted by molar-refractivity contribution is 6.07. The number of nitro groups is 1. The van der Waals surface area contributed by atoms with Gasteiger partial charge in [-0.15, -0.1) is 0 Å². The molecule has 3 rings (SSSR count). The van der Waals surface area contributed by atoms with Gasteiger partial charge in [0.05, 0.1) is 17.6 Å². The zero-order chi connectivity index (χ0) is 20.6. The van der Waals surface area contributed by atoms with Crippen molar-refractivity contribution in [1.29, 1.82) is 0 Å². The van der Waals surface area contributed by atoms with E-state index in [0.717, 1.165) is 28.6 Å². The number of hydrogen-bond donors (Lipinski definition) is 1. The first-order chi connectivity index (χ1) is 13.2.